The molecule has 0 aliphatic carbocycles. The molecule has 0 aromatic heterocycles. The molecule has 0 bridgehead atoms. The molecule has 1 unspecified atom stereocenters. The topological polar surface area (TPSA) is 32.7 Å². The fourth-order valence-electron chi connectivity index (χ4n) is 2.49. The van der Waals surface area contributed by atoms with E-state index in [4.69, 9.17) is 0 Å². The van der Waals surface area contributed by atoms with Crippen molar-refractivity contribution in [2.75, 3.05) is 13.2 Å². The molecule has 1 fully saturated rings. The van der Waals surface area contributed by atoms with E-state index in [0.29, 0.717) is 0 Å². The molecule has 1 heterocycles. The van der Waals surface area contributed by atoms with Gasteiger partial charge < -0.3 is 9.84 Å². The van der Waals surface area contributed by atoms with E-state index in [1.165, 1.54) is 0 Å². The Labute approximate surface area is 111 Å². The van der Waals surface area contributed by atoms with Gasteiger partial charge in [0, 0.05) is 12.6 Å². The summed E-state index contributed by atoms with van der Waals surface area (Å²) in [6.07, 6.45) is 3.31. The van der Waals surface area contributed by atoms with Crippen LogP contribution >= 0.6 is 0 Å². The van der Waals surface area contributed by atoms with Gasteiger partial charge in [0.2, 0.25) is 0 Å². The molecule has 0 spiro atoms. The van der Waals surface area contributed by atoms with Gasteiger partial charge in [-0.2, -0.15) is 8.78 Å². The van der Waals surface area contributed by atoms with Crippen LogP contribution in [0.2, 0.25) is 0 Å². The molecule has 1 saturated heterocycles. The summed E-state index contributed by atoms with van der Waals surface area (Å²) in [4.78, 5) is 2.24. The number of alkyl halides is 2. The van der Waals surface area contributed by atoms with Crippen molar-refractivity contribution in [2.24, 2.45) is 0 Å². The zero-order valence-electron chi connectivity index (χ0n) is 10.8. The molecule has 0 saturated carbocycles. The summed E-state index contributed by atoms with van der Waals surface area (Å²) >= 11 is 0. The van der Waals surface area contributed by atoms with Crippen LogP contribution in [0.4, 0.5) is 8.78 Å². The minimum atomic E-state index is -2.79. The number of aliphatic hydroxyl groups excluding tert-OH is 1. The van der Waals surface area contributed by atoms with Gasteiger partial charge in [0.1, 0.15) is 5.75 Å². The average molecular weight is 271 g/mol. The number of halogens is 2. The van der Waals surface area contributed by atoms with Crippen molar-refractivity contribution in [3.8, 4) is 5.75 Å². The van der Waals surface area contributed by atoms with Crippen LogP contribution in [0.5, 0.6) is 5.75 Å². The Kier molecular flexibility index (Phi) is 5.10. The van der Waals surface area contributed by atoms with Crippen molar-refractivity contribution in [3.05, 3.63) is 29.8 Å². The number of ether oxygens (including phenoxy) is 1. The van der Waals surface area contributed by atoms with Gasteiger partial charge in [-0.1, -0.05) is 18.6 Å². The van der Waals surface area contributed by atoms with Crippen LogP contribution in [0.3, 0.4) is 0 Å². The SMILES string of the molecule is OCC1CCCCN1Cc1ccc(OC(F)F)cc1. The molecule has 106 valence electrons. The predicted molar refractivity (Wildman–Crippen MR) is 68.2 cm³/mol. The van der Waals surface area contributed by atoms with Gasteiger partial charge in [0.15, 0.2) is 0 Å². The molecule has 0 radical (unpaired) electrons. The number of rotatable bonds is 5. The Bertz CT molecular complexity index is 384. The normalized spacial score (nSPS) is 20.7. The lowest BCUT2D eigenvalue weighted by Crippen LogP contribution is -2.41. The van der Waals surface area contributed by atoms with Gasteiger partial charge in [-0.3, -0.25) is 4.90 Å². The number of hydrogen-bond donors (Lipinski definition) is 1. The maximum absolute atomic E-state index is 12.0. The quantitative estimate of drug-likeness (QED) is 0.893. The Balaban J connectivity index is 1.94. The van der Waals surface area contributed by atoms with Crippen molar-refractivity contribution >= 4 is 0 Å². The molecule has 1 N–H and O–H groups in total. The van der Waals surface area contributed by atoms with E-state index in [1.807, 2.05) is 0 Å². The molecule has 1 aliphatic heterocycles. The van der Waals surface area contributed by atoms with E-state index in [9.17, 15) is 13.9 Å². The second kappa shape index (κ2) is 6.82. The van der Waals surface area contributed by atoms with E-state index < -0.39 is 6.61 Å². The van der Waals surface area contributed by atoms with Crippen LogP contribution in [-0.2, 0) is 6.54 Å². The van der Waals surface area contributed by atoms with Crippen LogP contribution in [0.15, 0.2) is 24.3 Å². The summed E-state index contributed by atoms with van der Waals surface area (Å²) in [7, 11) is 0. The molecule has 5 heteroatoms. The number of nitrogens with zero attached hydrogens (tertiary/aromatic N) is 1. The van der Waals surface area contributed by atoms with Crippen LogP contribution in [0.1, 0.15) is 24.8 Å². The zero-order chi connectivity index (χ0) is 13.7. The first-order chi connectivity index (χ1) is 9.19. The maximum atomic E-state index is 12.0. The first kappa shape index (κ1) is 14.2. The summed E-state index contributed by atoms with van der Waals surface area (Å²) in [5.74, 6) is 0.177. The third kappa shape index (κ3) is 4.14. The summed E-state index contributed by atoms with van der Waals surface area (Å²) in [5, 5.41) is 9.34. The Hall–Kier alpha value is -1.20. The lowest BCUT2D eigenvalue weighted by molar-refractivity contribution is -0.0498. The summed E-state index contributed by atoms with van der Waals surface area (Å²) in [5.41, 5.74) is 1.04. The van der Waals surface area contributed by atoms with Gasteiger partial charge >= 0.3 is 6.61 Å². The van der Waals surface area contributed by atoms with E-state index in [-0.39, 0.29) is 18.4 Å². The van der Waals surface area contributed by atoms with Crippen molar-refractivity contribution < 1.29 is 18.6 Å². The van der Waals surface area contributed by atoms with Crippen molar-refractivity contribution in [3.63, 3.8) is 0 Å². The van der Waals surface area contributed by atoms with Crippen LogP contribution < -0.4 is 4.74 Å². The van der Waals surface area contributed by atoms with Crippen LogP contribution in [0.25, 0.3) is 0 Å². The van der Waals surface area contributed by atoms with Gasteiger partial charge in [-0.25, -0.2) is 0 Å². The number of hydrogen-bond acceptors (Lipinski definition) is 3. The monoisotopic (exact) mass is 271 g/mol. The largest absolute Gasteiger partial charge is 0.435 e. The second-order valence-corrected chi connectivity index (χ2v) is 4.83. The number of likely N-dealkylation sites (tertiary alicyclic amines) is 1. The van der Waals surface area contributed by atoms with Gasteiger partial charge in [0.05, 0.1) is 6.61 Å². The highest BCUT2D eigenvalue weighted by molar-refractivity contribution is 5.27. The van der Waals surface area contributed by atoms with Crippen LogP contribution in [-0.4, -0.2) is 35.8 Å². The molecule has 2 rings (SSSR count). The molecule has 3 nitrogen and oxygen atoms in total. The molecule has 1 aliphatic rings. The Morgan fingerprint density at radius 2 is 2.00 bits per heavy atom. The summed E-state index contributed by atoms with van der Waals surface area (Å²) in [6, 6.07) is 6.91. The lowest BCUT2D eigenvalue weighted by atomic mass is 10.0. The van der Waals surface area contributed by atoms with Gasteiger partial charge in [-0.05, 0) is 37.1 Å². The third-order valence-corrected chi connectivity index (χ3v) is 3.49. The second-order valence-electron chi connectivity index (χ2n) is 4.83. The molecule has 19 heavy (non-hydrogen) atoms. The minimum absolute atomic E-state index is 0.173. The smallest absolute Gasteiger partial charge is 0.387 e. The highest BCUT2D eigenvalue weighted by Gasteiger charge is 2.21. The van der Waals surface area contributed by atoms with Gasteiger partial charge in [-0.15, -0.1) is 0 Å². The Morgan fingerprint density at radius 3 is 2.63 bits per heavy atom. The highest BCUT2D eigenvalue weighted by Crippen LogP contribution is 2.21. The first-order valence-electron chi connectivity index (χ1n) is 6.57. The molecule has 1 aromatic rings. The predicted octanol–water partition coefficient (Wildman–Crippen LogP) is 2.63. The van der Waals surface area contributed by atoms with Crippen molar-refractivity contribution in [1.82, 2.24) is 4.90 Å². The molecule has 0 amide bonds. The van der Waals surface area contributed by atoms with E-state index in [0.717, 1.165) is 37.9 Å². The number of aliphatic hydroxyl groups is 1. The molecular weight excluding hydrogens is 252 g/mol. The van der Waals surface area contributed by atoms with E-state index in [1.54, 1.807) is 24.3 Å². The standard InChI is InChI=1S/C14H19F2NO2/c15-14(16)19-13-6-4-11(5-7-13)9-17-8-2-1-3-12(17)10-18/h4-7,12,14,18H,1-3,8-10H2. The molecular formula is C14H19F2NO2. The van der Waals surface area contributed by atoms with Crippen molar-refractivity contribution in [2.45, 2.75) is 38.5 Å². The lowest BCUT2D eigenvalue weighted by Gasteiger charge is -2.34. The maximum Gasteiger partial charge on any atom is 0.387 e. The molecule has 1 aromatic carbocycles. The minimum Gasteiger partial charge on any atom is -0.435 e. The van der Waals surface area contributed by atoms with Gasteiger partial charge in [0.25, 0.3) is 0 Å². The highest BCUT2D eigenvalue weighted by atomic mass is 19.3. The fraction of sp³-hybridized carbons (Fsp3) is 0.571. The Morgan fingerprint density at radius 1 is 1.26 bits per heavy atom. The van der Waals surface area contributed by atoms with Crippen molar-refractivity contribution in [1.29, 1.82) is 0 Å². The number of benzene rings is 1. The van der Waals surface area contributed by atoms with E-state index >= 15 is 0 Å². The zero-order valence-corrected chi connectivity index (χ0v) is 10.8. The average Bonchev–Trinajstić information content (AvgIpc) is 2.41. The van der Waals surface area contributed by atoms with E-state index in [2.05, 4.69) is 9.64 Å². The molecule has 1 atom stereocenters. The third-order valence-electron chi connectivity index (χ3n) is 3.49. The number of piperidine rings is 1. The fourth-order valence-corrected chi connectivity index (χ4v) is 2.49. The summed E-state index contributed by atoms with van der Waals surface area (Å²) in [6.45, 7) is -0.903. The first-order valence-corrected chi connectivity index (χ1v) is 6.57. The summed E-state index contributed by atoms with van der Waals surface area (Å²) < 4.78 is 28.4. The van der Waals surface area contributed by atoms with Crippen LogP contribution in [0, 0.1) is 0 Å².